The van der Waals surface area contributed by atoms with E-state index >= 15 is 0 Å². The van der Waals surface area contributed by atoms with E-state index in [1.165, 1.54) is 11.6 Å². The average molecular weight is 285 g/mol. The van der Waals surface area contributed by atoms with E-state index in [1.54, 1.807) is 24.5 Å². The van der Waals surface area contributed by atoms with Gasteiger partial charge in [0.1, 0.15) is 11.3 Å². The van der Waals surface area contributed by atoms with Crippen LogP contribution < -0.4 is 11.2 Å². The molecule has 0 aromatic carbocycles. The molecule has 3 aromatic rings. The lowest BCUT2D eigenvalue weighted by Gasteiger charge is -2.06. The number of nitrogens with zero attached hydrogens (tertiary/aromatic N) is 4. The summed E-state index contributed by atoms with van der Waals surface area (Å²) in [5.41, 5.74) is 0.852. The zero-order chi connectivity index (χ0) is 15.0. The number of hydrogen-bond donors (Lipinski definition) is 1. The number of H-pyrrole nitrogens is 1. The molecule has 0 unspecified atom stereocenters. The summed E-state index contributed by atoms with van der Waals surface area (Å²) in [6, 6.07) is 3.59. The Morgan fingerprint density at radius 1 is 1.24 bits per heavy atom. The van der Waals surface area contributed by atoms with E-state index in [9.17, 15) is 9.59 Å². The minimum atomic E-state index is -0.366. The predicted octanol–water partition coefficient (Wildman–Crippen LogP) is 0.895. The Morgan fingerprint density at radius 3 is 2.62 bits per heavy atom. The number of hydrogen-bond acceptors (Lipinski definition) is 4. The lowest BCUT2D eigenvalue weighted by molar-refractivity contribution is 0.611. The maximum atomic E-state index is 12.2. The Bertz CT molecular complexity index is 905. The van der Waals surface area contributed by atoms with Gasteiger partial charge in [0.2, 0.25) is 0 Å². The number of aromatic amines is 1. The van der Waals surface area contributed by atoms with Crippen LogP contribution in [0.1, 0.15) is 13.3 Å². The highest BCUT2D eigenvalue weighted by Gasteiger charge is 2.15. The smallest absolute Gasteiger partial charge is 0.332 e. The SMILES string of the molecule is CCCn1c(=O)n(C)c(=O)c2[nH]c(-c3ccncc3)nc21. The fourth-order valence-electron chi connectivity index (χ4n) is 2.31. The van der Waals surface area contributed by atoms with Crippen LogP contribution in [0.2, 0.25) is 0 Å². The quantitative estimate of drug-likeness (QED) is 0.774. The molecule has 0 spiro atoms. The van der Waals surface area contributed by atoms with E-state index in [2.05, 4.69) is 15.0 Å². The monoisotopic (exact) mass is 285 g/mol. The second-order valence-electron chi connectivity index (χ2n) is 4.82. The standard InChI is InChI=1S/C14H15N5O2/c1-3-8-19-12-10(13(20)18(2)14(19)21)16-11(17-12)9-4-6-15-7-5-9/h4-7H,3,8H2,1-2H3,(H,16,17). The summed E-state index contributed by atoms with van der Waals surface area (Å²) >= 11 is 0. The molecule has 7 nitrogen and oxygen atoms in total. The van der Waals surface area contributed by atoms with Gasteiger partial charge in [-0.1, -0.05) is 6.92 Å². The summed E-state index contributed by atoms with van der Waals surface area (Å²) in [6.07, 6.45) is 4.09. The first-order chi connectivity index (χ1) is 10.1. The van der Waals surface area contributed by atoms with Crippen LogP contribution in [-0.4, -0.2) is 24.1 Å². The van der Waals surface area contributed by atoms with Crippen molar-refractivity contribution in [2.75, 3.05) is 0 Å². The third kappa shape index (κ3) is 2.06. The Morgan fingerprint density at radius 2 is 1.95 bits per heavy atom. The molecule has 0 aliphatic heterocycles. The molecule has 1 N–H and O–H groups in total. The van der Waals surface area contributed by atoms with E-state index in [0.29, 0.717) is 23.5 Å². The van der Waals surface area contributed by atoms with Gasteiger partial charge in [-0.3, -0.25) is 18.9 Å². The zero-order valence-corrected chi connectivity index (χ0v) is 11.8. The number of aryl methyl sites for hydroxylation is 1. The highest BCUT2D eigenvalue weighted by molar-refractivity contribution is 5.75. The van der Waals surface area contributed by atoms with E-state index in [-0.39, 0.29) is 11.2 Å². The Balaban J connectivity index is 2.35. The van der Waals surface area contributed by atoms with Crippen molar-refractivity contribution in [3.8, 4) is 11.4 Å². The highest BCUT2D eigenvalue weighted by Crippen LogP contribution is 2.17. The Hall–Kier alpha value is -2.70. The summed E-state index contributed by atoms with van der Waals surface area (Å²) in [5.74, 6) is 0.556. The van der Waals surface area contributed by atoms with E-state index in [1.807, 2.05) is 6.92 Å². The van der Waals surface area contributed by atoms with E-state index < -0.39 is 0 Å². The first-order valence-corrected chi connectivity index (χ1v) is 6.73. The van der Waals surface area contributed by atoms with Crippen molar-refractivity contribution in [2.24, 2.45) is 7.05 Å². The van der Waals surface area contributed by atoms with Crippen molar-refractivity contribution in [1.82, 2.24) is 24.1 Å². The van der Waals surface area contributed by atoms with E-state index in [0.717, 1.165) is 16.6 Å². The molecular weight excluding hydrogens is 270 g/mol. The summed E-state index contributed by atoms with van der Waals surface area (Å²) in [4.78, 5) is 35.8. The molecule has 0 aliphatic rings. The molecule has 0 bridgehead atoms. The Labute approximate surface area is 119 Å². The van der Waals surface area contributed by atoms with Crippen molar-refractivity contribution in [3.05, 3.63) is 45.4 Å². The number of pyridine rings is 1. The fraction of sp³-hybridized carbons (Fsp3) is 0.286. The molecule has 0 fully saturated rings. The summed E-state index contributed by atoms with van der Waals surface area (Å²) < 4.78 is 2.63. The van der Waals surface area contributed by atoms with Crippen molar-refractivity contribution in [1.29, 1.82) is 0 Å². The first-order valence-electron chi connectivity index (χ1n) is 6.73. The van der Waals surface area contributed by atoms with Gasteiger partial charge in [0.25, 0.3) is 5.56 Å². The van der Waals surface area contributed by atoms with Crippen molar-refractivity contribution >= 4 is 11.2 Å². The third-order valence-corrected chi connectivity index (χ3v) is 3.38. The minimum Gasteiger partial charge on any atom is -0.332 e. The molecule has 0 radical (unpaired) electrons. The second-order valence-corrected chi connectivity index (χ2v) is 4.82. The van der Waals surface area contributed by atoms with Gasteiger partial charge in [-0.2, -0.15) is 0 Å². The third-order valence-electron chi connectivity index (χ3n) is 3.38. The summed E-state index contributed by atoms with van der Waals surface area (Å²) in [6.45, 7) is 2.49. The van der Waals surface area contributed by atoms with Crippen molar-refractivity contribution in [3.63, 3.8) is 0 Å². The topological polar surface area (TPSA) is 85.6 Å². The van der Waals surface area contributed by atoms with Gasteiger partial charge in [0.05, 0.1) is 0 Å². The molecule has 7 heteroatoms. The zero-order valence-electron chi connectivity index (χ0n) is 11.8. The van der Waals surface area contributed by atoms with Crippen LogP contribution in [-0.2, 0) is 13.6 Å². The second kappa shape index (κ2) is 5.01. The van der Waals surface area contributed by atoms with Gasteiger partial charge < -0.3 is 4.98 Å². The molecule has 0 aliphatic carbocycles. The molecule has 21 heavy (non-hydrogen) atoms. The van der Waals surface area contributed by atoms with Gasteiger partial charge in [0, 0.05) is 31.5 Å². The van der Waals surface area contributed by atoms with Gasteiger partial charge in [-0.15, -0.1) is 0 Å². The number of fused-ring (bicyclic) bond motifs is 1. The number of imidazole rings is 1. The Kier molecular flexibility index (Phi) is 3.17. The number of aromatic nitrogens is 5. The first kappa shape index (κ1) is 13.3. The molecule has 0 atom stereocenters. The van der Waals surface area contributed by atoms with Crippen LogP contribution >= 0.6 is 0 Å². The summed E-state index contributed by atoms with van der Waals surface area (Å²) in [5, 5.41) is 0. The predicted molar refractivity (Wildman–Crippen MR) is 79.1 cm³/mol. The highest BCUT2D eigenvalue weighted by atomic mass is 16.2. The lowest BCUT2D eigenvalue weighted by Crippen LogP contribution is -2.38. The molecule has 0 saturated carbocycles. The summed E-state index contributed by atoms with van der Waals surface area (Å²) in [7, 11) is 1.48. The van der Waals surface area contributed by atoms with Crippen LogP contribution in [0.15, 0.2) is 34.1 Å². The van der Waals surface area contributed by atoms with E-state index in [4.69, 9.17) is 0 Å². The van der Waals surface area contributed by atoms with Gasteiger partial charge in [-0.25, -0.2) is 9.78 Å². The maximum Gasteiger partial charge on any atom is 0.332 e. The lowest BCUT2D eigenvalue weighted by atomic mass is 10.3. The average Bonchev–Trinajstić information content (AvgIpc) is 2.95. The molecule has 108 valence electrons. The molecular formula is C14H15N5O2. The van der Waals surface area contributed by atoms with Gasteiger partial charge >= 0.3 is 5.69 Å². The number of rotatable bonds is 3. The number of nitrogens with one attached hydrogen (secondary N) is 1. The normalized spacial score (nSPS) is 11.1. The van der Waals surface area contributed by atoms with Crippen LogP contribution in [0.25, 0.3) is 22.6 Å². The van der Waals surface area contributed by atoms with Crippen molar-refractivity contribution < 1.29 is 0 Å². The molecule has 3 rings (SSSR count). The largest absolute Gasteiger partial charge is 0.332 e. The van der Waals surface area contributed by atoms with Crippen LogP contribution in [0.4, 0.5) is 0 Å². The van der Waals surface area contributed by atoms with Crippen LogP contribution in [0.5, 0.6) is 0 Å². The van der Waals surface area contributed by atoms with Gasteiger partial charge in [0.15, 0.2) is 5.65 Å². The fourth-order valence-corrected chi connectivity index (χ4v) is 2.31. The van der Waals surface area contributed by atoms with Crippen molar-refractivity contribution in [2.45, 2.75) is 19.9 Å². The molecule has 0 amide bonds. The molecule has 3 aromatic heterocycles. The minimum absolute atomic E-state index is 0.345. The molecule has 0 saturated heterocycles. The van der Waals surface area contributed by atoms with Crippen LogP contribution in [0.3, 0.4) is 0 Å². The molecule has 3 heterocycles. The maximum absolute atomic E-state index is 12.2. The van der Waals surface area contributed by atoms with Gasteiger partial charge in [-0.05, 0) is 18.6 Å². The van der Waals surface area contributed by atoms with Crippen LogP contribution in [0, 0.1) is 0 Å².